The molecule has 0 amide bonds. The molecule has 0 spiro atoms. The van der Waals surface area contributed by atoms with E-state index in [1.54, 1.807) is 5.19 Å². The second kappa shape index (κ2) is 5.97. The number of rotatable bonds is 3. The van der Waals surface area contributed by atoms with Crippen LogP contribution in [-0.2, 0) is 0 Å². The molecule has 1 rings (SSSR count). The first-order valence-corrected chi connectivity index (χ1v) is 11.2. The van der Waals surface area contributed by atoms with Gasteiger partial charge in [-0.05, 0) is 0 Å². The quantitative estimate of drug-likeness (QED) is 0.613. The molecular weight excluding hydrogens is 195 g/mol. The van der Waals surface area contributed by atoms with E-state index in [2.05, 4.69) is 56.9 Å². The molecule has 0 nitrogen and oxygen atoms in total. The summed E-state index contributed by atoms with van der Waals surface area (Å²) in [6, 6.07) is 12.5. The molecular formula is C11H19LiSi2. The van der Waals surface area contributed by atoms with Crippen molar-refractivity contribution in [3.63, 3.8) is 0 Å². The first kappa shape index (κ1) is 14.3. The molecule has 0 atom stereocenters. The molecule has 14 heavy (non-hydrogen) atoms. The van der Waals surface area contributed by atoms with Gasteiger partial charge in [0, 0.05) is 0 Å². The van der Waals surface area contributed by atoms with Crippen LogP contribution in [0.5, 0.6) is 0 Å². The number of hydrogen-bond acceptors (Lipinski definition) is 0. The molecule has 1 aromatic rings. The van der Waals surface area contributed by atoms with Crippen LogP contribution in [0, 0.1) is 0 Å². The van der Waals surface area contributed by atoms with Gasteiger partial charge < -0.3 is 0 Å². The van der Waals surface area contributed by atoms with Crippen LogP contribution in [0.4, 0.5) is 0 Å². The van der Waals surface area contributed by atoms with E-state index < -0.39 is 7.59 Å². The molecule has 0 bridgehead atoms. The van der Waals surface area contributed by atoms with E-state index in [9.17, 15) is 0 Å². The zero-order chi connectivity index (χ0) is 9.90. The van der Waals surface area contributed by atoms with Crippen molar-refractivity contribution in [1.82, 2.24) is 0 Å². The summed E-state index contributed by atoms with van der Waals surface area (Å²) in [4.78, 5) is 0. The minimum absolute atomic E-state index is 0. The molecule has 0 N–H and O–H groups in total. The van der Waals surface area contributed by atoms with Crippen molar-refractivity contribution in [1.29, 1.82) is 0 Å². The van der Waals surface area contributed by atoms with Gasteiger partial charge in [0.2, 0.25) is 0 Å². The summed E-state index contributed by atoms with van der Waals surface area (Å²) < 4.78 is 0. The van der Waals surface area contributed by atoms with E-state index in [4.69, 9.17) is 0 Å². The van der Waals surface area contributed by atoms with Crippen molar-refractivity contribution in [2.75, 3.05) is 0 Å². The summed E-state index contributed by atoms with van der Waals surface area (Å²) in [5.41, 5.74) is 0. The zero-order valence-electron chi connectivity index (χ0n) is 10.1. The molecule has 0 radical (unpaired) electrons. The van der Waals surface area contributed by atoms with Crippen molar-refractivity contribution in [2.24, 2.45) is 0 Å². The average molecular weight is 214 g/mol. The molecule has 0 fully saturated rings. The van der Waals surface area contributed by atoms with Gasteiger partial charge in [0.15, 0.2) is 0 Å². The minimum Gasteiger partial charge on any atom is -0.283 e. The molecule has 0 aliphatic rings. The van der Waals surface area contributed by atoms with E-state index in [0.717, 1.165) is 0 Å². The number of benzene rings is 1. The van der Waals surface area contributed by atoms with Crippen LogP contribution in [0.2, 0.25) is 25.7 Å². The van der Waals surface area contributed by atoms with Gasteiger partial charge in [0.25, 0.3) is 0 Å². The predicted molar refractivity (Wildman–Crippen MR) is 65.7 cm³/mol. The summed E-state index contributed by atoms with van der Waals surface area (Å²) in [6.45, 7) is 9.84. The van der Waals surface area contributed by atoms with Crippen molar-refractivity contribution < 1.29 is 18.9 Å². The van der Waals surface area contributed by atoms with Gasteiger partial charge in [-0.2, -0.15) is 6.04 Å². The molecule has 0 aliphatic carbocycles. The maximum Gasteiger partial charge on any atom is 1.00 e. The Bertz CT molecular complexity index is 254. The van der Waals surface area contributed by atoms with E-state index >= 15 is 0 Å². The molecule has 72 valence electrons. The van der Waals surface area contributed by atoms with Gasteiger partial charge in [-0.1, -0.05) is 64.5 Å². The summed E-state index contributed by atoms with van der Waals surface area (Å²) in [5, 5.41) is 1.63. The Hall–Kier alpha value is 0.251. The third-order valence-electron chi connectivity index (χ3n) is 2.38. The predicted octanol–water partition coefficient (Wildman–Crippen LogP) is -0.171. The van der Waals surface area contributed by atoms with Crippen LogP contribution >= 0.6 is 0 Å². The molecule has 3 heteroatoms. The topological polar surface area (TPSA) is 0 Å². The maximum absolute atomic E-state index is 2.50. The Labute approximate surface area is 103 Å². The van der Waals surface area contributed by atoms with Crippen LogP contribution in [0.1, 0.15) is 6.92 Å². The Morgan fingerprint density at radius 3 is 1.93 bits per heavy atom. The van der Waals surface area contributed by atoms with Crippen molar-refractivity contribution >= 4 is 21.1 Å². The van der Waals surface area contributed by atoms with Crippen LogP contribution < -0.4 is 24.0 Å². The molecule has 1 aromatic carbocycles. The third kappa shape index (κ3) is 3.78. The largest absolute Gasteiger partial charge is 1.00 e. The second-order valence-corrected chi connectivity index (χ2v) is 17.5. The summed E-state index contributed by atoms with van der Waals surface area (Å²) in [6.07, 6.45) is 0. The fraction of sp³-hybridized carbons (Fsp3) is 0.455. The fourth-order valence-electron chi connectivity index (χ4n) is 1.81. The molecule has 0 aromatic heterocycles. The van der Waals surface area contributed by atoms with Gasteiger partial charge >= 0.3 is 18.9 Å². The normalized spacial score (nSPS) is 10.6. The average Bonchev–Trinajstić information content (AvgIpc) is 2.05. The second-order valence-electron chi connectivity index (χ2n) is 4.45. The van der Waals surface area contributed by atoms with Gasteiger partial charge in [-0.25, -0.2) is 5.19 Å². The van der Waals surface area contributed by atoms with Crippen LogP contribution in [0.25, 0.3) is 0 Å². The summed E-state index contributed by atoms with van der Waals surface area (Å²) in [5.74, 6) is 0. The van der Waals surface area contributed by atoms with E-state index in [0.29, 0.717) is 0 Å². The Balaban J connectivity index is 0.00000169. The Kier molecular flexibility index (Phi) is 6.08. The Morgan fingerprint density at radius 2 is 1.57 bits per heavy atom. The monoisotopic (exact) mass is 214 g/mol. The van der Waals surface area contributed by atoms with Crippen LogP contribution in [-0.4, -0.2) is 15.9 Å². The first-order chi connectivity index (χ1) is 6.05. The smallest absolute Gasteiger partial charge is 0.283 e. The fourth-order valence-corrected chi connectivity index (χ4v) is 11.0. The van der Waals surface area contributed by atoms with Gasteiger partial charge in [0.1, 0.15) is 0 Å². The van der Waals surface area contributed by atoms with Crippen molar-refractivity contribution in [3.05, 3.63) is 30.3 Å². The molecule has 0 aliphatic heterocycles. The SMILES string of the molecule is CC[Si-](c1ccccc1)[Si](C)(C)C.[Li+]. The van der Waals surface area contributed by atoms with Gasteiger partial charge in [0.05, 0.1) is 0 Å². The summed E-state index contributed by atoms with van der Waals surface area (Å²) >= 11 is 0. The van der Waals surface area contributed by atoms with Crippen molar-refractivity contribution in [3.8, 4) is 0 Å². The standard InChI is InChI=1S/C11H19Si2.Li/c1-5-12(13(2,3)4)11-9-7-6-8-10-11;/h6-10H,5H2,1-4H3;/q-1;+1. The first-order valence-electron chi connectivity index (χ1n) is 4.97. The molecule has 0 unspecified atom stereocenters. The molecule has 0 saturated heterocycles. The van der Waals surface area contributed by atoms with E-state index in [-0.39, 0.29) is 27.2 Å². The van der Waals surface area contributed by atoms with Crippen LogP contribution in [0.15, 0.2) is 30.3 Å². The van der Waals surface area contributed by atoms with Crippen LogP contribution in [0.3, 0.4) is 0 Å². The van der Waals surface area contributed by atoms with Gasteiger partial charge in [-0.15, -0.1) is 0 Å². The minimum atomic E-state index is -0.926. The zero-order valence-corrected chi connectivity index (χ0v) is 12.1. The maximum atomic E-state index is 2.50. The van der Waals surface area contributed by atoms with Crippen molar-refractivity contribution in [2.45, 2.75) is 32.6 Å². The molecule has 0 heterocycles. The van der Waals surface area contributed by atoms with E-state index in [1.807, 2.05) is 0 Å². The summed E-state index contributed by atoms with van der Waals surface area (Å²) in [7, 11) is -1.16. The Morgan fingerprint density at radius 1 is 1.07 bits per heavy atom. The third-order valence-corrected chi connectivity index (χ3v) is 13.3. The number of hydrogen-bond donors (Lipinski definition) is 0. The molecule has 0 saturated carbocycles. The van der Waals surface area contributed by atoms with E-state index in [1.165, 1.54) is 6.04 Å². The van der Waals surface area contributed by atoms with Gasteiger partial charge in [-0.3, -0.25) is 8.31 Å².